The van der Waals surface area contributed by atoms with Crippen molar-refractivity contribution in [1.82, 2.24) is 4.90 Å². The molecule has 0 aliphatic heterocycles. The molecule has 1 unspecified atom stereocenters. The van der Waals surface area contributed by atoms with Crippen molar-refractivity contribution in [2.75, 3.05) is 7.05 Å². The first kappa shape index (κ1) is 14.2. The number of carboxylic acid groups (broad SMARTS) is 1. The number of halogens is 3. The van der Waals surface area contributed by atoms with Crippen LogP contribution in [0.2, 0.25) is 10.0 Å². The van der Waals surface area contributed by atoms with Gasteiger partial charge in [-0.25, -0.2) is 4.39 Å². The van der Waals surface area contributed by atoms with Gasteiger partial charge in [0.1, 0.15) is 11.9 Å². The summed E-state index contributed by atoms with van der Waals surface area (Å²) in [6.45, 7) is 1.84. The summed E-state index contributed by atoms with van der Waals surface area (Å²) in [5.41, 5.74) is 0.591. The quantitative estimate of drug-likeness (QED) is 0.862. The topological polar surface area (TPSA) is 40.5 Å². The van der Waals surface area contributed by atoms with Crippen LogP contribution >= 0.6 is 23.2 Å². The third-order valence-corrected chi connectivity index (χ3v) is 3.45. The van der Waals surface area contributed by atoms with Gasteiger partial charge in [-0.3, -0.25) is 9.69 Å². The zero-order chi connectivity index (χ0) is 13.2. The van der Waals surface area contributed by atoms with E-state index in [-0.39, 0.29) is 16.6 Å². The van der Waals surface area contributed by atoms with E-state index in [1.54, 1.807) is 18.9 Å². The van der Waals surface area contributed by atoms with Gasteiger partial charge in [0.2, 0.25) is 0 Å². The summed E-state index contributed by atoms with van der Waals surface area (Å²) in [6, 6.07) is 2.05. The average Bonchev–Trinajstić information content (AvgIpc) is 2.28. The first-order chi connectivity index (χ1) is 7.84. The number of likely N-dealkylation sites (N-methyl/N-ethyl adjacent to an activating group) is 1. The molecule has 0 fully saturated rings. The van der Waals surface area contributed by atoms with Gasteiger partial charge in [-0.1, -0.05) is 29.3 Å². The minimum absolute atomic E-state index is 0.121. The third-order valence-electron chi connectivity index (χ3n) is 2.55. The Morgan fingerprint density at radius 3 is 2.59 bits per heavy atom. The number of nitrogens with zero attached hydrogens (tertiary/aromatic N) is 1. The zero-order valence-corrected chi connectivity index (χ0v) is 10.9. The van der Waals surface area contributed by atoms with E-state index in [2.05, 4.69) is 0 Å². The monoisotopic (exact) mass is 279 g/mol. The maximum Gasteiger partial charge on any atom is 0.320 e. The molecule has 1 N–H and O–H groups in total. The smallest absolute Gasteiger partial charge is 0.320 e. The minimum Gasteiger partial charge on any atom is -0.480 e. The van der Waals surface area contributed by atoms with Crippen LogP contribution in [0.3, 0.4) is 0 Å². The summed E-state index contributed by atoms with van der Waals surface area (Å²) in [7, 11) is 1.65. The molecular weight excluding hydrogens is 268 g/mol. The first-order valence-electron chi connectivity index (χ1n) is 4.90. The van der Waals surface area contributed by atoms with Crippen molar-refractivity contribution in [2.24, 2.45) is 0 Å². The second-order valence-corrected chi connectivity index (χ2v) is 4.52. The lowest BCUT2D eigenvalue weighted by atomic mass is 10.2. The van der Waals surface area contributed by atoms with E-state index >= 15 is 0 Å². The molecule has 0 heterocycles. The van der Waals surface area contributed by atoms with Crippen LogP contribution in [0.25, 0.3) is 0 Å². The molecule has 0 spiro atoms. The Labute approximate surface area is 109 Å². The lowest BCUT2D eigenvalue weighted by Gasteiger charge is -2.21. The fourth-order valence-electron chi connectivity index (χ4n) is 1.28. The zero-order valence-electron chi connectivity index (χ0n) is 9.38. The van der Waals surface area contributed by atoms with Crippen LogP contribution in [0.1, 0.15) is 12.5 Å². The maximum atomic E-state index is 13.1. The number of benzene rings is 1. The molecule has 6 heteroatoms. The van der Waals surface area contributed by atoms with Crippen molar-refractivity contribution in [3.8, 4) is 0 Å². The molecule has 3 nitrogen and oxygen atoms in total. The molecular formula is C11H12Cl2FNO2. The van der Waals surface area contributed by atoms with Crippen molar-refractivity contribution >= 4 is 29.2 Å². The molecule has 0 saturated heterocycles. The predicted octanol–water partition coefficient (Wildman–Crippen LogP) is 3.04. The van der Waals surface area contributed by atoms with E-state index in [4.69, 9.17) is 28.3 Å². The largest absolute Gasteiger partial charge is 0.480 e. The molecule has 1 aromatic rings. The van der Waals surface area contributed by atoms with Crippen LogP contribution in [0, 0.1) is 5.82 Å². The molecule has 0 aliphatic rings. The summed E-state index contributed by atoms with van der Waals surface area (Å²) in [6.07, 6.45) is 0. The Morgan fingerprint density at radius 1 is 1.47 bits per heavy atom. The van der Waals surface area contributed by atoms with Crippen LogP contribution in [-0.4, -0.2) is 29.1 Å². The molecule has 94 valence electrons. The van der Waals surface area contributed by atoms with Crippen LogP contribution in [0.4, 0.5) is 4.39 Å². The van der Waals surface area contributed by atoms with Crippen LogP contribution < -0.4 is 0 Å². The Kier molecular flexibility index (Phi) is 4.74. The SMILES string of the molecule is CC(C(=O)O)N(C)Cc1ccc(F)c(Cl)c1Cl. The normalized spacial score (nSPS) is 12.8. The van der Waals surface area contributed by atoms with Gasteiger partial charge >= 0.3 is 5.97 Å². The number of hydrogen-bond donors (Lipinski definition) is 1. The van der Waals surface area contributed by atoms with Crippen molar-refractivity contribution in [2.45, 2.75) is 19.5 Å². The second kappa shape index (κ2) is 5.67. The van der Waals surface area contributed by atoms with Gasteiger partial charge in [0.25, 0.3) is 0 Å². The Balaban J connectivity index is 2.89. The second-order valence-electron chi connectivity index (χ2n) is 3.76. The van der Waals surface area contributed by atoms with E-state index in [1.165, 1.54) is 12.1 Å². The number of carbonyl (C=O) groups is 1. The first-order valence-corrected chi connectivity index (χ1v) is 5.65. The molecule has 0 saturated carbocycles. The van der Waals surface area contributed by atoms with E-state index in [1.807, 2.05) is 0 Å². The highest BCUT2D eigenvalue weighted by Gasteiger charge is 2.19. The summed E-state index contributed by atoms with van der Waals surface area (Å²) in [4.78, 5) is 12.4. The number of carboxylic acids is 1. The minimum atomic E-state index is -0.933. The summed E-state index contributed by atoms with van der Waals surface area (Å²) < 4.78 is 13.1. The summed E-state index contributed by atoms with van der Waals surface area (Å²) in [5.74, 6) is -1.52. The Hall–Kier alpha value is -0.840. The fraction of sp³-hybridized carbons (Fsp3) is 0.364. The number of rotatable bonds is 4. The summed E-state index contributed by atoms with van der Waals surface area (Å²) in [5, 5.41) is 8.82. The van der Waals surface area contributed by atoms with Gasteiger partial charge in [0.15, 0.2) is 0 Å². The Morgan fingerprint density at radius 2 is 2.06 bits per heavy atom. The van der Waals surface area contributed by atoms with Crippen LogP contribution in [0.15, 0.2) is 12.1 Å². The van der Waals surface area contributed by atoms with Gasteiger partial charge in [-0.15, -0.1) is 0 Å². The molecule has 17 heavy (non-hydrogen) atoms. The van der Waals surface area contributed by atoms with Gasteiger partial charge in [-0.05, 0) is 25.6 Å². The van der Waals surface area contributed by atoms with Crippen molar-refractivity contribution < 1.29 is 14.3 Å². The molecule has 1 rings (SSSR count). The highest BCUT2D eigenvalue weighted by Crippen LogP contribution is 2.29. The number of aliphatic carboxylic acids is 1. The van der Waals surface area contributed by atoms with Crippen LogP contribution in [-0.2, 0) is 11.3 Å². The average molecular weight is 280 g/mol. The third kappa shape index (κ3) is 3.31. The fourth-order valence-corrected chi connectivity index (χ4v) is 1.68. The van der Waals surface area contributed by atoms with E-state index in [0.717, 1.165) is 0 Å². The Bertz CT molecular complexity index is 440. The molecule has 1 atom stereocenters. The van der Waals surface area contributed by atoms with Gasteiger partial charge in [-0.2, -0.15) is 0 Å². The molecule has 0 amide bonds. The highest BCUT2D eigenvalue weighted by atomic mass is 35.5. The maximum absolute atomic E-state index is 13.1. The number of hydrogen-bond acceptors (Lipinski definition) is 2. The van der Waals surface area contributed by atoms with E-state index < -0.39 is 17.8 Å². The standard InChI is InChI=1S/C11H12Cl2FNO2/c1-6(11(16)17)15(2)5-7-3-4-8(14)10(13)9(7)12/h3-4,6H,5H2,1-2H3,(H,16,17). The van der Waals surface area contributed by atoms with Crippen molar-refractivity contribution in [1.29, 1.82) is 0 Å². The van der Waals surface area contributed by atoms with Gasteiger partial charge in [0.05, 0.1) is 10.0 Å². The lowest BCUT2D eigenvalue weighted by molar-refractivity contribution is -0.142. The molecule has 0 radical (unpaired) electrons. The van der Waals surface area contributed by atoms with Crippen LogP contribution in [0.5, 0.6) is 0 Å². The van der Waals surface area contributed by atoms with Gasteiger partial charge < -0.3 is 5.11 Å². The van der Waals surface area contributed by atoms with Gasteiger partial charge in [0, 0.05) is 6.54 Å². The van der Waals surface area contributed by atoms with E-state index in [9.17, 15) is 9.18 Å². The molecule has 0 bridgehead atoms. The molecule has 0 aliphatic carbocycles. The molecule has 1 aromatic carbocycles. The lowest BCUT2D eigenvalue weighted by Crippen LogP contribution is -2.35. The van der Waals surface area contributed by atoms with E-state index in [0.29, 0.717) is 5.56 Å². The van der Waals surface area contributed by atoms with Crippen molar-refractivity contribution in [3.63, 3.8) is 0 Å². The van der Waals surface area contributed by atoms with Crippen molar-refractivity contribution in [3.05, 3.63) is 33.6 Å². The highest BCUT2D eigenvalue weighted by molar-refractivity contribution is 6.42. The summed E-state index contributed by atoms with van der Waals surface area (Å²) >= 11 is 11.5. The predicted molar refractivity (Wildman–Crippen MR) is 65.0 cm³/mol. The molecule has 0 aromatic heterocycles.